The van der Waals surface area contributed by atoms with Crippen LogP contribution in [0.1, 0.15) is 71.7 Å². The number of rotatable bonds is 16. The first-order chi connectivity index (χ1) is 23.3. The summed E-state index contributed by atoms with van der Waals surface area (Å²) in [4.78, 5) is 39.7. The van der Waals surface area contributed by atoms with Gasteiger partial charge in [0.15, 0.2) is 22.9 Å². The Labute approximate surface area is 293 Å². The number of ether oxygens (including phenoxy) is 3. The lowest BCUT2D eigenvalue weighted by Gasteiger charge is -2.31. The van der Waals surface area contributed by atoms with Crippen LogP contribution in [0.5, 0.6) is 17.2 Å². The number of carbonyl (C=O) groups excluding carboxylic acids is 3. The van der Waals surface area contributed by atoms with E-state index in [1.54, 1.807) is 50.4 Å². The van der Waals surface area contributed by atoms with E-state index < -0.39 is 34.0 Å². The number of nitrogens with one attached hydrogen (secondary N) is 2. The molecule has 278 valence electrons. The van der Waals surface area contributed by atoms with Crippen LogP contribution in [0.3, 0.4) is 0 Å². The van der Waals surface area contributed by atoms with Gasteiger partial charge in [-0.2, -0.15) is 8.42 Å². The molecule has 16 heteroatoms. The van der Waals surface area contributed by atoms with Crippen molar-refractivity contribution in [1.82, 2.24) is 15.4 Å². The quantitative estimate of drug-likeness (QED) is 0.121. The van der Waals surface area contributed by atoms with Crippen molar-refractivity contribution in [3.05, 3.63) is 42.0 Å². The number of fused-ring (bicyclic) bond motifs is 1. The molecule has 2 atom stereocenters. The Morgan fingerprint density at radius 3 is 2.08 bits per heavy atom. The third-order valence-electron chi connectivity index (χ3n) is 7.28. The van der Waals surface area contributed by atoms with Crippen LogP contribution < -0.4 is 30.6 Å². The second-order valence-corrected chi connectivity index (χ2v) is 14.0. The van der Waals surface area contributed by atoms with Crippen molar-refractivity contribution < 1.29 is 46.1 Å². The van der Waals surface area contributed by atoms with Crippen molar-refractivity contribution in [2.24, 2.45) is 11.7 Å². The summed E-state index contributed by atoms with van der Waals surface area (Å²) in [6.45, 7) is 14.1. The number of hydrogen-bond donors (Lipinski definition) is 4. The van der Waals surface area contributed by atoms with Gasteiger partial charge in [0, 0.05) is 23.7 Å². The normalized spacial score (nSPS) is 12.6. The molecule has 5 N–H and O–H groups in total. The van der Waals surface area contributed by atoms with Crippen LogP contribution in [-0.4, -0.2) is 91.5 Å². The van der Waals surface area contributed by atoms with Crippen LogP contribution in [0.25, 0.3) is 11.0 Å². The summed E-state index contributed by atoms with van der Waals surface area (Å²) in [6, 6.07) is 9.12. The summed E-state index contributed by atoms with van der Waals surface area (Å²) in [5, 5.41) is 9.86. The Balaban J connectivity index is 0.00000161. The first kappa shape index (κ1) is 41.8. The SMILES string of the molecule is COc1cc(C(=O)N(C(C)C)C(C)C)ccc1OCCCCOc1ccc2c(NC(=O)[C@H](C)NC(=O)[C@@H](N)C(C)C)noc2c1.CS(=O)(=O)O. The number of aromatic nitrogens is 1. The van der Waals surface area contributed by atoms with E-state index in [4.69, 9.17) is 29.0 Å². The van der Waals surface area contributed by atoms with E-state index in [1.165, 1.54) is 0 Å². The fourth-order valence-electron chi connectivity index (χ4n) is 4.71. The minimum atomic E-state index is -3.67. The predicted molar refractivity (Wildman–Crippen MR) is 190 cm³/mol. The van der Waals surface area contributed by atoms with Gasteiger partial charge in [0.2, 0.25) is 11.8 Å². The number of nitrogens with zero attached hydrogens (tertiary/aromatic N) is 2. The van der Waals surface area contributed by atoms with Gasteiger partial charge >= 0.3 is 0 Å². The molecule has 15 nitrogen and oxygen atoms in total. The molecule has 0 saturated heterocycles. The highest BCUT2D eigenvalue weighted by Crippen LogP contribution is 2.30. The molecule has 2 aromatic carbocycles. The smallest absolute Gasteiger partial charge is 0.261 e. The highest BCUT2D eigenvalue weighted by Gasteiger charge is 2.24. The number of nitrogens with two attached hydrogens (primary N) is 1. The molecule has 3 aromatic rings. The predicted octanol–water partition coefficient (Wildman–Crippen LogP) is 4.26. The number of carbonyl (C=O) groups is 3. The number of methoxy groups -OCH3 is 1. The molecule has 0 aliphatic rings. The van der Waals surface area contributed by atoms with Gasteiger partial charge in [-0.05, 0) is 83.7 Å². The molecule has 1 heterocycles. The van der Waals surface area contributed by atoms with Crippen LogP contribution in [-0.2, 0) is 19.7 Å². The van der Waals surface area contributed by atoms with Crippen molar-refractivity contribution >= 4 is 44.6 Å². The van der Waals surface area contributed by atoms with Gasteiger partial charge in [0.05, 0.1) is 38.0 Å². The minimum Gasteiger partial charge on any atom is -0.493 e. The third-order valence-corrected chi connectivity index (χ3v) is 7.28. The Hall–Kier alpha value is -4.41. The average Bonchev–Trinajstić information content (AvgIpc) is 3.42. The van der Waals surface area contributed by atoms with Gasteiger partial charge in [-0.15, -0.1) is 0 Å². The van der Waals surface area contributed by atoms with E-state index in [1.807, 2.05) is 46.4 Å². The Morgan fingerprint density at radius 2 is 1.52 bits per heavy atom. The number of anilines is 1. The van der Waals surface area contributed by atoms with Crippen LogP contribution in [0.4, 0.5) is 5.82 Å². The van der Waals surface area contributed by atoms with Crippen molar-refractivity contribution in [2.75, 3.05) is 31.9 Å². The van der Waals surface area contributed by atoms with Crippen molar-refractivity contribution in [3.8, 4) is 17.2 Å². The van der Waals surface area contributed by atoms with Crippen LogP contribution in [0, 0.1) is 5.92 Å². The van der Waals surface area contributed by atoms with Gasteiger partial charge in [-0.1, -0.05) is 19.0 Å². The van der Waals surface area contributed by atoms with Crippen molar-refractivity contribution in [3.63, 3.8) is 0 Å². The monoisotopic (exact) mass is 721 g/mol. The second kappa shape index (κ2) is 19.1. The molecule has 3 rings (SSSR count). The molecular weight excluding hydrogens is 670 g/mol. The fourth-order valence-corrected chi connectivity index (χ4v) is 4.71. The molecule has 0 saturated carbocycles. The van der Waals surface area contributed by atoms with Crippen LogP contribution >= 0.6 is 0 Å². The number of unbranched alkanes of at least 4 members (excludes halogenated alkanes) is 1. The van der Waals surface area contributed by atoms with E-state index in [2.05, 4.69) is 15.8 Å². The summed E-state index contributed by atoms with van der Waals surface area (Å²) >= 11 is 0. The van der Waals surface area contributed by atoms with Gasteiger partial charge in [0.25, 0.3) is 16.0 Å². The van der Waals surface area contributed by atoms with Crippen molar-refractivity contribution in [1.29, 1.82) is 0 Å². The molecule has 0 spiro atoms. The number of benzene rings is 2. The van der Waals surface area contributed by atoms with E-state index >= 15 is 0 Å². The fraction of sp³-hybridized carbons (Fsp3) is 0.529. The Morgan fingerprint density at radius 1 is 0.920 bits per heavy atom. The second-order valence-electron chi connectivity index (χ2n) is 12.6. The van der Waals surface area contributed by atoms with Crippen molar-refractivity contribution in [2.45, 2.75) is 85.5 Å². The Kier molecular flexibility index (Phi) is 16.0. The number of hydrogen-bond acceptors (Lipinski definition) is 11. The summed E-state index contributed by atoms with van der Waals surface area (Å²) in [7, 11) is -2.11. The van der Waals surface area contributed by atoms with Gasteiger partial charge in [0.1, 0.15) is 11.8 Å². The average molecular weight is 722 g/mol. The zero-order valence-corrected chi connectivity index (χ0v) is 31.0. The maximum absolute atomic E-state index is 13.0. The molecule has 0 radical (unpaired) electrons. The summed E-state index contributed by atoms with van der Waals surface area (Å²) in [5.41, 5.74) is 6.86. The van der Waals surface area contributed by atoms with Gasteiger partial charge in [-0.3, -0.25) is 18.9 Å². The van der Waals surface area contributed by atoms with Gasteiger partial charge < -0.3 is 40.0 Å². The zero-order chi connectivity index (χ0) is 37.8. The van der Waals surface area contributed by atoms with Crippen LogP contribution in [0.2, 0.25) is 0 Å². The molecular formula is C34H51N5O10S. The summed E-state index contributed by atoms with van der Waals surface area (Å²) in [6.07, 6.45) is 2.18. The minimum absolute atomic E-state index is 0.0470. The van der Waals surface area contributed by atoms with Crippen LogP contribution in [0.15, 0.2) is 40.9 Å². The largest absolute Gasteiger partial charge is 0.493 e. The molecule has 3 amide bonds. The lowest BCUT2D eigenvalue weighted by molar-refractivity contribution is -0.127. The van der Waals surface area contributed by atoms with E-state index in [-0.39, 0.29) is 29.7 Å². The topological polar surface area (TPSA) is 213 Å². The molecule has 50 heavy (non-hydrogen) atoms. The molecule has 0 unspecified atom stereocenters. The summed E-state index contributed by atoms with van der Waals surface area (Å²) < 4.78 is 48.6. The van der Waals surface area contributed by atoms with E-state index in [0.29, 0.717) is 53.3 Å². The highest BCUT2D eigenvalue weighted by molar-refractivity contribution is 7.85. The summed E-state index contributed by atoms with van der Waals surface area (Å²) in [5.74, 6) is 0.990. The lowest BCUT2D eigenvalue weighted by Crippen LogP contribution is -2.50. The first-order valence-corrected chi connectivity index (χ1v) is 18.1. The maximum Gasteiger partial charge on any atom is 0.261 e. The Bertz CT molecular complexity index is 1670. The van der Waals surface area contributed by atoms with E-state index in [0.717, 1.165) is 12.8 Å². The molecule has 0 aliphatic heterocycles. The standard InChI is InChI=1S/C33H47N5O7.CH4O3S/c1-19(2)29(34)32(40)35-22(7)31(39)36-30-25-13-12-24(18-27(25)45-37-30)43-15-9-10-16-44-26-14-11-23(17-28(26)42-8)33(41)38(20(3)4)21(5)6;1-5(2,3)4/h11-14,17-22,29H,9-10,15-16,34H2,1-8H3,(H,35,40)(H,36,37,39);1H3,(H,2,3,4)/t22-,29-;/m0./s1. The lowest BCUT2D eigenvalue weighted by atomic mass is 10.0. The zero-order valence-electron chi connectivity index (χ0n) is 30.2. The maximum atomic E-state index is 13.0. The molecule has 0 fully saturated rings. The highest BCUT2D eigenvalue weighted by atomic mass is 32.2. The first-order valence-electron chi connectivity index (χ1n) is 16.3. The third kappa shape index (κ3) is 13.1. The molecule has 0 bridgehead atoms. The number of amides is 3. The molecule has 1 aromatic heterocycles. The van der Waals surface area contributed by atoms with E-state index in [9.17, 15) is 22.8 Å². The van der Waals surface area contributed by atoms with Gasteiger partial charge in [-0.25, -0.2) is 0 Å². The molecule has 0 aliphatic carbocycles.